The van der Waals surface area contributed by atoms with Crippen molar-refractivity contribution in [3.05, 3.63) is 59.7 Å². The van der Waals surface area contributed by atoms with Gasteiger partial charge in [0.05, 0.1) is 6.26 Å². The molecule has 8 heteroatoms. The zero-order valence-corrected chi connectivity index (χ0v) is 17.5. The lowest BCUT2D eigenvalue weighted by molar-refractivity contribution is -0.133. The molecule has 1 saturated heterocycles. The van der Waals surface area contributed by atoms with Crippen LogP contribution < -0.4 is 4.72 Å². The largest absolute Gasteiger partial charge is 0.341 e. The van der Waals surface area contributed by atoms with Gasteiger partial charge in [0.25, 0.3) is 0 Å². The highest BCUT2D eigenvalue weighted by atomic mass is 32.2. The van der Waals surface area contributed by atoms with Crippen LogP contribution in [0.1, 0.15) is 30.7 Å². The summed E-state index contributed by atoms with van der Waals surface area (Å²) in [5.41, 5.74) is 1.63. The second-order valence-corrected chi connectivity index (χ2v) is 9.93. The van der Waals surface area contributed by atoms with Crippen molar-refractivity contribution >= 4 is 15.9 Å². The van der Waals surface area contributed by atoms with E-state index >= 15 is 0 Å². The van der Waals surface area contributed by atoms with Crippen LogP contribution in [0, 0.1) is 17.6 Å². The molecule has 1 saturated carbocycles. The van der Waals surface area contributed by atoms with Crippen LogP contribution in [0.2, 0.25) is 0 Å². The number of carbonyl (C=O) groups is 1. The minimum atomic E-state index is -3.33. The summed E-state index contributed by atoms with van der Waals surface area (Å²) < 4.78 is 53.7. The van der Waals surface area contributed by atoms with Gasteiger partial charge in [0.1, 0.15) is 0 Å². The maximum Gasteiger partial charge on any atom is 0.226 e. The number of nitrogens with one attached hydrogen (secondary N) is 1. The molecule has 4 rings (SSSR count). The van der Waals surface area contributed by atoms with Gasteiger partial charge in [0.15, 0.2) is 11.6 Å². The van der Waals surface area contributed by atoms with Crippen LogP contribution in [0.3, 0.4) is 0 Å². The fraction of sp³-hybridized carbons (Fsp3) is 0.409. The van der Waals surface area contributed by atoms with E-state index in [1.165, 1.54) is 6.07 Å². The van der Waals surface area contributed by atoms with Crippen molar-refractivity contribution in [2.45, 2.75) is 31.2 Å². The summed E-state index contributed by atoms with van der Waals surface area (Å²) in [5, 5.41) is 0. The molecule has 0 unspecified atom stereocenters. The Morgan fingerprint density at radius 3 is 2.60 bits per heavy atom. The third-order valence-electron chi connectivity index (χ3n) is 5.82. The van der Waals surface area contributed by atoms with E-state index in [-0.39, 0.29) is 29.3 Å². The summed E-state index contributed by atoms with van der Waals surface area (Å²) in [7, 11) is -3.33. The first-order valence-electron chi connectivity index (χ1n) is 10.0. The van der Waals surface area contributed by atoms with E-state index in [1.807, 2.05) is 12.1 Å². The van der Waals surface area contributed by atoms with Crippen LogP contribution in [0.4, 0.5) is 8.78 Å². The van der Waals surface area contributed by atoms with Gasteiger partial charge in [-0.05, 0) is 42.4 Å². The van der Waals surface area contributed by atoms with Crippen molar-refractivity contribution in [1.82, 2.24) is 9.62 Å². The molecule has 0 aromatic heterocycles. The van der Waals surface area contributed by atoms with Crippen LogP contribution in [0.5, 0.6) is 0 Å². The van der Waals surface area contributed by atoms with Gasteiger partial charge in [-0.25, -0.2) is 21.9 Å². The van der Waals surface area contributed by atoms with E-state index in [1.54, 1.807) is 23.1 Å². The molecular weight excluding hydrogens is 410 g/mol. The topological polar surface area (TPSA) is 66.5 Å². The predicted molar refractivity (Wildman–Crippen MR) is 110 cm³/mol. The number of benzene rings is 2. The number of carbonyl (C=O) groups excluding carboxylic acids is 1. The minimum absolute atomic E-state index is 0.00508. The molecule has 2 aromatic rings. The maximum atomic E-state index is 14.4. The molecule has 2 fully saturated rings. The first kappa shape index (κ1) is 20.9. The molecule has 2 aromatic carbocycles. The van der Waals surface area contributed by atoms with Gasteiger partial charge in [-0.1, -0.05) is 36.4 Å². The summed E-state index contributed by atoms with van der Waals surface area (Å²) in [6.45, 7) is 0.958. The number of nitrogens with zero attached hydrogens (tertiary/aromatic N) is 1. The zero-order chi connectivity index (χ0) is 21.5. The third-order valence-corrected chi connectivity index (χ3v) is 6.58. The number of likely N-dealkylation sites (tertiary alicyclic amines) is 1. The monoisotopic (exact) mass is 434 g/mol. The van der Waals surface area contributed by atoms with Crippen molar-refractivity contribution < 1.29 is 22.0 Å². The fourth-order valence-corrected chi connectivity index (χ4v) is 5.20. The molecule has 0 radical (unpaired) electrons. The van der Waals surface area contributed by atoms with Crippen LogP contribution in [0.15, 0.2) is 42.5 Å². The fourth-order valence-electron chi connectivity index (χ4n) is 4.40. The summed E-state index contributed by atoms with van der Waals surface area (Å²) in [4.78, 5) is 14.8. The molecule has 3 atom stereocenters. The molecule has 5 nitrogen and oxygen atoms in total. The Labute approximate surface area is 175 Å². The lowest BCUT2D eigenvalue weighted by Crippen LogP contribution is -2.49. The smallest absolute Gasteiger partial charge is 0.226 e. The molecule has 1 aliphatic carbocycles. The predicted octanol–water partition coefficient (Wildman–Crippen LogP) is 3.28. The molecule has 1 aliphatic heterocycles. The van der Waals surface area contributed by atoms with E-state index < -0.39 is 21.7 Å². The Bertz CT molecular complexity index is 1070. The Balaban J connectivity index is 1.51. The Kier molecular flexibility index (Phi) is 5.63. The van der Waals surface area contributed by atoms with Gasteiger partial charge >= 0.3 is 0 Å². The number of hydrogen-bond donors (Lipinski definition) is 1. The summed E-state index contributed by atoms with van der Waals surface area (Å²) >= 11 is 0. The van der Waals surface area contributed by atoms with Gasteiger partial charge in [0.2, 0.25) is 15.9 Å². The summed E-state index contributed by atoms with van der Waals surface area (Å²) in [6.07, 6.45) is 3.20. The first-order chi connectivity index (χ1) is 14.2. The quantitative estimate of drug-likeness (QED) is 0.786. The molecule has 2 aliphatic rings. The number of sulfonamides is 1. The Hall–Kier alpha value is -2.32. The van der Waals surface area contributed by atoms with Gasteiger partial charge < -0.3 is 4.90 Å². The van der Waals surface area contributed by atoms with E-state index in [9.17, 15) is 22.0 Å². The third kappa shape index (κ3) is 4.39. The lowest BCUT2D eigenvalue weighted by atomic mass is 9.95. The molecular formula is C22H24F2N2O3S. The number of piperidine rings is 1. The van der Waals surface area contributed by atoms with E-state index in [2.05, 4.69) is 4.72 Å². The highest BCUT2D eigenvalue weighted by Gasteiger charge is 2.47. The summed E-state index contributed by atoms with van der Waals surface area (Å²) in [6, 6.07) is 11.1. The molecule has 0 spiro atoms. The SMILES string of the molecule is CS(=O)(=O)N[C@@H]1CCCN(C(=O)[C@@H]2C[C@H]2c2ccccc2-c2cccc(F)c2F)C1. The second-order valence-electron chi connectivity index (χ2n) is 8.15. The molecule has 30 heavy (non-hydrogen) atoms. The standard InChI is InChI=1S/C22H24F2N2O3S/c1-30(28,29)25-14-6-5-11-26(13-14)22(27)19-12-18(19)16-8-3-2-7-15(16)17-9-4-10-20(23)21(17)24/h2-4,7-10,14,18-19,25H,5-6,11-13H2,1H3/t14-,18+,19-/m1/s1. The van der Waals surface area contributed by atoms with Crippen molar-refractivity contribution in [2.24, 2.45) is 5.92 Å². The molecule has 160 valence electrons. The Morgan fingerprint density at radius 2 is 1.83 bits per heavy atom. The average Bonchev–Trinajstić information content (AvgIpc) is 3.49. The molecule has 1 amide bonds. The van der Waals surface area contributed by atoms with E-state index in [0.29, 0.717) is 31.5 Å². The van der Waals surface area contributed by atoms with Crippen molar-refractivity contribution in [3.63, 3.8) is 0 Å². The normalized spacial score (nSPS) is 24.0. The molecule has 0 bridgehead atoms. The number of amides is 1. The van der Waals surface area contributed by atoms with E-state index in [4.69, 9.17) is 0 Å². The lowest BCUT2D eigenvalue weighted by Gasteiger charge is -2.33. The van der Waals surface area contributed by atoms with Crippen molar-refractivity contribution in [3.8, 4) is 11.1 Å². The first-order valence-corrected chi connectivity index (χ1v) is 11.9. The van der Waals surface area contributed by atoms with E-state index in [0.717, 1.165) is 24.3 Å². The zero-order valence-electron chi connectivity index (χ0n) is 16.6. The van der Waals surface area contributed by atoms with Crippen LogP contribution >= 0.6 is 0 Å². The summed E-state index contributed by atoms with van der Waals surface area (Å²) in [5.74, 6) is -2.07. The highest BCUT2D eigenvalue weighted by molar-refractivity contribution is 7.88. The van der Waals surface area contributed by atoms with Gasteiger partial charge in [-0.2, -0.15) is 0 Å². The highest BCUT2D eigenvalue weighted by Crippen LogP contribution is 2.51. The second kappa shape index (κ2) is 8.07. The molecule has 1 heterocycles. The maximum absolute atomic E-state index is 14.4. The Morgan fingerprint density at radius 1 is 1.10 bits per heavy atom. The minimum Gasteiger partial charge on any atom is -0.341 e. The van der Waals surface area contributed by atoms with Crippen LogP contribution in [0.25, 0.3) is 11.1 Å². The number of hydrogen-bond acceptors (Lipinski definition) is 3. The van der Waals surface area contributed by atoms with Crippen molar-refractivity contribution in [2.75, 3.05) is 19.3 Å². The van der Waals surface area contributed by atoms with Crippen LogP contribution in [-0.2, 0) is 14.8 Å². The average molecular weight is 435 g/mol. The molecule has 1 N–H and O–H groups in total. The van der Waals surface area contributed by atoms with Gasteiger partial charge in [0, 0.05) is 30.6 Å². The number of halogens is 2. The number of rotatable bonds is 5. The van der Waals surface area contributed by atoms with Crippen LogP contribution in [-0.4, -0.2) is 44.6 Å². The van der Waals surface area contributed by atoms with Gasteiger partial charge in [-0.3, -0.25) is 4.79 Å². The van der Waals surface area contributed by atoms with Gasteiger partial charge in [-0.15, -0.1) is 0 Å². The van der Waals surface area contributed by atoms with Crippen molar-refractivity contribution in [1.29, 1.82) is 0 Å².